The zero-order valence-corrected chi connectivity index (χ0v) is 6.95. The minimum absolute atomic E-state index is 0.200. The predicted octanol–water partition coefficient (Wildman–Crippen LogP) is 0.0572. The molecule has 1 N–H and O–H groups in total. The van der Waals surface area contributed by atoms with Crippen LogP contribution in [0.5, 0.6) is 0 Å². The van der Waals surface area contributed by atoms with Crippen LogP contribution in [0.2, 0.25) is 0 Å². The van der Waals surface area contributed by atoms with Gasteiger partial charge in [-0.1, -0.05) is 6.08 Å². The lowest BCUT2D eigenvalue weighted by molar-refractivity contribution is -0.144. The van der Waals surface area contributed by atoms with Gasteiger partial charge in [0, 0.05) is 0 Å². The zero-order valence-electron chi connectivity index (χ0n) is 6.95. The number of carbonyl (C=O) groups is 2. The molecule has 0 aliphatic rings. The van der Waals surface area contributed by atoms with Gasteiger partial charge < -0.3 is 9.84 Å². The Morgan fingerprint density at radius 2 is 2.17 bits per heavy atom. The summed E-state index contributed by atoms with van der Waals surface area (Å²) in [6.45, 7) is 1.75. The van der Waals surface area contributed by atoms with E-state index in [2.05, 4.69) is 4.74 Å². The molecule has 0 aliphatic heterocycles. The minimum atomic E-state index is -0.537. The summed E-state index contributed by atoms with van der Waals surface area (Å²) in [7, 11) is 0. The van der Waals surface area contributed by atoms with Crippen molar-refractivity contribution in [3.05, 3.63) is 12.2 Å². The third kappa shape index (κ3) is 5.61. The van der Waals surface area contributed by atoms with Gasteiger partial charge in [0.15, 0.2) is 5.78 Å². The van der Waals surface area contributed by atoms with Crippen molar-refractivity contribution in [2.24, 2.45) is 0 Å². The molecule has 0 radical (unpaired) electrons. The van der Waals surface area contributed by atoms with E-state index in [9.17, 15) is 9.59 Å². The van der Waals surface area contributed by atoms with Crippen LogP contribution in [0.15, 0.2) is 12.2 Å². The number of allylic oxidation sites excluding steroid dienone is 1. The Balaban J connectivity index is 3.69. The van der Waals surface area contributed by atoms with Crippen LogP contribution in [-0.4, -0.2) is 30.1 Å². The topological polar surface area (TPSA) is 63.6 Å². The Hall–Kier alpha value is -1.16. The van der Waals surface area contributed by atoms with Crippen molar-refractivity contribution >= 4 is 11.8 Å². The molecule has 0 aromatic rings. The Morgan fingerprint density at radius 3 is 2.67 bits per heavy atom. The molecule has 12 heavy (non-hydrogen) atoms. The lowest BCUT2D eigenvalue weighted by Gasteiger charge is -1.97. The summed E-state index contributed by atoms with van der Waals surface area (Å²) in [5, 5.41) is 8.30. The highest BCUT2D eigenvalue weighted by Crippen LogP contribution is 1.89. The van der Waals surface area contributed by atoms with Crippen LogP contribution in [0.25, 0.3) is 0 Å². The van der Waals surface area contributed by atoms with Gasteiger partial charge in [-0.25, -0.2) is 0 Å². The number of hydrogen-bond donors (Lipinski definition) is 1. The van der Waals surface area contributed by atoms with Crippen molar-refractivity contribution in [1.29, 1.82) is 0 Å². The number of esters is 1. The smallest absolute Gasteiger partial charge is 0.313 e. The highest BCUT2D eigenvalue weighted by molar-refractivity contribution is 6.01. The molecule has 0 rings (SSSR count). The number of carbonyl (C=O) groups excluding carboxylic acids is 2. The van der Waals surface area contributed by atoms with Crippen LogP contribution in [0.1, 0.15) is 13.3 Å². The molecule has 0 aliphatic carbocycles. The maximum atomic E-state index is 10.8. The summed E-state index contributed by atoms with van der Waals surface area (Å²) in [5.41, 5.74) is 0. The molecule has 0 aromatic carbocycles. The number of aliphatic hydroxyl groups excluding tert-OH is 1. The van der Waals surface area contributed by atoms with E-state index >= 15 is 0 Å². The summed E-state index contributed by atoms with van der Waals surface area (Å²) < 4.78 is 4.54. The first-order chi connectivity index (χ1) is 5.70. The van der Waals surface area contributed by atoms with Crippen molar-refractivity contribution in [2.75, 3.05) is 13.2 Å². The normalized spacial score (nSPS) is 10.2. The van der Waals surface area contributed by atoms with E-state index in [1.165, 1.54) is 6.08 Å². The molecule has 68 valence electrons. The van der Waals surface area contributed by atoms with E-state index in [0.29, 0.717) is 0 Å². The summed E-state index contributed by atoms with van der Waals surface area (Å²) >= 11 is 0. The number of ether oxygens (including phenoxy) is 1. The minimum Gasteiger partial charge on any atom is -0.466 e. The van der Waals surface area contributed by atoms with E-state index in [1.54, 1.807) is 6.92 Å². The van der Waals surface area contributed by atoms with E-state index in [0.717, 1.165) is 6.08 Å². The second kappa shape index (κ2) is 6.54. The maximum absolute atomic E-state index is 10.8. The molecule has 0 atom stereocenters. The first-order valence-corrected chi connectivity index (χ1v) is 3.66. The molecule has 4 nitrogen and oxygen atoms in total. The quantitative estimate of drug-likeness (QED) is 0.362. The number of hydrogen-bond acceptors (Lipinski definition) is 4. The van der Waals surface area contributed by atoms with Gasteiger partial charge in [0.05, 0.1) is 13.2 Å². The van der Waals surface area contributed by atoms with Gasteiger partial charge in [0.2, 0.25) is 0 Å². The van der Waals surface area contributed by atoms with Crippen molar-refractivity contribution in [1.82, 2.24) is 0 Å². The molecule has 0 amide bonds. The molecule has 0 unspecified atom stereocenters. The molecular formula is C8H12O4. The standard InChI is InChI=1S/C8H12O4/c1-2-12-8(11)6-7(10)4-3-5-9/h3-4,9H,2,5-6H2,1H3/b4-3+. The van der Waals surface area contributed by atoms with Crippen molar-refractivity contribution in [3.63, 3.8) is 0 Å². The highest BCUT2D eigenvalue weighted by atomic mass is 16.5. The molecule has 0 bridgehead atoms. The van der Waals surface area contributed by atoms with Crippen molar-refractivity contribution in [2.45, 2.75) is 13.3 Å². The van der Waals surface area contributed by atoms with Gasteiger partial charge in [-0.15, -0.1) is 0 Å². The Morgan fingerprint density at radius 1 is 1.50 bits per heavy atom. The largest absolute Gasteiger partial charge is 0.466 e. The predicted molar refractivity (Wildman–Crippen MR) is 42.5 cm³/mol. The van der Waals surface area contributed by atoms with Gasteiger partial charge >= 0.3 is 5.97 Å². The Labute approximate surface area is 70.8 Å². The molecule has 0 aromatic heterocycles. The van der Waals surface area contributed by atoms with Crippen LogP contribution < -0.4 is 0 Å². The lowest BCUT2D eigenvalue weighted by atomic mass is 10.2. The van der Waals surface area contributed by atoms with E-state index < -0.39 is 5.97 Å². The second-order valence-corrected chi connectivity index (χ2v) is 2.03. The molecule has 0 fully saturated rings. The highest BCUT2D eigenvalue weighted by Gasteiger charge is 2.05. The average molecular weight is 172 g/mol. The fourth-order valence-corrected chi connectivity index (χ4v) is 0.597. The number of ketones is 1. The fraction of sp³-hybridized carbons (Fsp3) is 0.500. The lowest BCUT2D eigenvalue weighted by Crippen LogP contribution is -2.09. The zero-order chi connectivity index (χ0) is 9.40. The van der Waals surface area contributed by atoms with Crippen LogP contribution >= 0.6 is 0 Å². The summed E-state index contributed by atoms with van der Waals surface area (Å²) in [5.74, 6) is -0.896. The first-order valence-electron chi connectivity index (χ1n) is 3.66. The van der Waals surface area contributed by atoms with Crippen molar-refractivity contribution < 1.29 is 19.4 Å². The van der Waals surface area contributed by atoms with Crippen LogP contribution in [0.4, 0.5) is 0 Å². The molecule has 0 saturated carbocycles. The first kappa shape index (κ1) is 10.8. The van der Waals surface area contributed by atoms with Gasteiger partial charge in [-0.2, -0.15) is 0 Å². The SMILES string of the molecule is CCOC(=O)CC(=O)/C=C/CO. The van der Waals surface area contributed by atoms with Gasteiger partial charge in [0.25, 0.3) is 0 Å². The van der Waals surface area contributed by atoms with Gasteiger partial charge in [-0.05, 0) is 13.0 Å². The third-order valence-corrected chi connectivity index (χ3v) is 1.03. The van der Waals surface area contributed by atoms with Crippen LogP contribution in [-0.2, 0) is 14.3 Å². The Bertz CT molecular complexity index is 183. The average Bonchev–Trinajstić information content (AvgIpc) is 2.01. The van der Waals surface area contributed by atoms with E-state index in [1.807, 2.05) is 0 Å². The maximum Gasteiger partial charge on any atom is 0.313 e. The van der Waals surface area contributed by atoms with Crippen LogP contribution in [0.3, 0.4) is 0 Å². The molecule has 4 heteroatoms. The van der Waals surface area contributed by atoms with E-state index in [-0.39, 0.29) is 25.4 Å². The fourth-order valence-electron chi connectivity index (χ4n) is 0.597. The summed E-state index contributed by atoms with van der Waals surface area (Å²) in [6.07, 6.45) is 2.18. The number of rotatable bonds is 5. The molecule has 0 saturated heterocycles. The van der Waals surface area contributed by atoms with Gasteiger partial charge in [0.1, 0.15) is 6.42 Å². The Kier molecular flexibility index (Phi) is 5.91. The molecule has 0 heterocycles. The van der Waals surface area contributed by atoms with Gasteiger partial charge in [-0.3, -0.25) is 9.59 Å². The van der Waals surface area contributed by atoms with Crippen molar-refractivity contribution in [3.8, 4) is 0 Å². The second-order valence-electron chi connectivity index (χ2n) is 2.03. The molecule has 0 spiro atoms. The monoisotopic (exact) mass is 172 g/mol. The van der Waals surface area contributed by atoms with E-state index in [4.69, 9.17) is 5.11 Å². The van der Waals surface area contributed by atoms with Crippen LogP contribution in [0, 0.1) is 0 Å². The third-order valence-electron chi connectivity index (χ3n) is 1.03. The summed E-state index contributed by atoms with van der Waals surface area (Å²) in [6, 6.07) is 0. The summed E-state index contributed by atoms with van der Waals surface area (Å²) in [4.78, 5) is 21.5. The number of aliphatic hydroxyl groups is 1. The molecular weight excluding hydrogens is 160 g/mol.